The first kappa shape index (κ1) is 13.4. The van der Waals surface area contributed by atoms with Gasteiger partial charge in [0, 0.05) is 19.0 Å². The van der Waals surface area contributed by atoms with Crippen LogP contribution in [-0.2, 0) is 4.79 Å². The molecule has 3 heteroatoms. The number of hydrogen-bond acceptors (Lipinski definition) is 2. The Balaban J connectivity index is 1.52. The topological polar surface area (TPSA) is 46.3 Å². The number of carbonyl (C=O) groups is 1. The summed E-state index contributed by atoms with van der Waals surface area (Å²) >= 11 is 0. The molecule has 3 saturated carbocycles. The van der Waals surface area contributed by atoms with Crippen LogP contribution in [-0.4, -0.2) is 30.4 Å². The quantitative estimate of drug-likeness (QED) is 0.800. The highest BCUT2D eigenvalue weighted by Crippen LogP contribution is 2.36. The van der Waals surface area contributed by atoms with Gasteiger partial charge in [-0.3, -0.25) is 4.79 Å². The van der Waals surface area contributed by atoms with Gasteiger partial charge in [0.15, 0.2) is 0 Å². The Bertz CT molecular complexity index is 301. The van der Waals surface area contributed by atoms with Crippen molar-refractivity contribution in [3.63, 3.8) is 0 Å². The second kappa shape index (κ2) is 5.82. The van der Waals surface area contributed by atoms with Crippen molar-refractivity contribution in [1.29, 1.82) is 0 Å². The lowest BCUT2D eigenvalue weighted by Gasteiger charge is -2.32. The molecule has 3 nitrogen and oxygen atoms in total. The standard InChI is InChI=1S/C16H28N2O/c17-9-12-5-7-15(8-6-12)16(19)18(10-13-1-2-13)11-14-3-4-14/h12-15H,1-11,17H2. The van der Waals surface area contributed by atoms with E-state index in [-0.39, 0.29) is 0 Å². The van der Waals surface area contributed by atoms with Crippen molar-refractivity contribution in [3.05, 3.63) is 0 Å². The second-order valence-corrected chi connectivity index (χ2v) is 7.08. The van der Waals surface area contributed by atoms with Gasteiger partial charge in [-0.25, -0.2) is 0 Å². The first-order chi connectivity index (χ1) is 9.26. The average molecular weight is 264 g/mol. The predicted octanol–water partition coefficient (Wildman–Crippen LogP) is 2.40. The third kappa shape index (κ3) is 3.71. The highest BCUT2D eigenvalue weighted by atomic mass is 16.2. The molecule has 1 amide bonds. The molecule has 0 saturated heterocycles. The van der Waals surface area contributed by atoms with Crippen LogP contribution in [0.5, 0.6) is 0 Å². The van der Waals surface area contributed by atoms with Gasteiger partial charge in [-0.15, -0.1) is 0 Å². The smallest absolute Gasteiger partial charge is 0.225 e. The first-order valence-corrected chi connectivity index (χ1v) is 8.25. The number of carbonyl (C=O) groups excluding carboxylic acids is 1. The van der Waals surface area contributed by atoms with Gasteiger partial charge in [0.25, 0.3) is 0 Å². The zero-order valence-corrected chi connectivity index (χ0v) is 12.0. The summed E-state index contributed by atoms with van der Waals surface area (Å²) in [5.41, 5.74) is 5.74. The molecule has 3 aliphatic rings. The van der Waals surface area contributed by atoms with Crippen LogP contribution in [0.1, 0.15) is 51.4 Å². The predicted molar refractivity (Wildman–Crippen MR) is 76.5 cm³/mol. The molecule has 0 atom stereocenters. The van der Waals surface area contributed by atoms with Crippen molar-refractivity contribution in [3.8, 4) is 0 Å². The van der Waals surface area contributed by atoms with Crippen LogP contribution >= 0.6 is 0 Å². The lowest BCUT2D eigenvalue weighted by molar-refractivity contribution is -0.137. The molecule has 0 aromatic carbocycles. The fraction of sp³-hybridized carbons (Fsp3) is 0.938. The summed E-state index contributed by atoms with van der Waals surface area (Å²) in [5, 5.41) is 0. The van der Waals surface area contributed by atoms with Gasteiger partial charge in [0.2, 0.25) is 5.91 Å². The molecule has 0 bridgehead atoms. The number of rotatable bonds is 6. The van der Waals surface area contributed by atoms with Crippen LogP contribution in [0.25, 0.3) is 0 Å². The van der Waals surface area contributed by atoms with Crippen LogP contribution in [0, 0.1) is 23.7 Å². The fourth-order valence-electron chi connectivity index (χ4n) is 3.38. The highest BCUT2D eigenvalue weighted by Gasteiger charge is 2.35. The monoisotopic (exact) mass is 264 g/mol. The maximum absolute atomic E-state index is 12.7. The Labute approximate surface area is 116 Å². The molecule has 0 aromatic heterocycles. The number of nitrogens with zero attached hydrogens (tertiary/aromatic N) is 1. The first-order valence-electron chi connectivity index (χ1n) is 8.25. The number of amides is 1. The van der Waals surface area contributed by atoms with E-state index < -0.39 is 0 Å². The van der Waals surface area contributed by atoms with Gasteiger partial charge in [-0.2, -0.15) is 0 Å². The molecule has 3 fully saturated rings. The van der Waals surface area contributed by atoms with E-state index in [2.05, 4.69) is 4.90 Å². The second-order valence-electron chi connectivity index (χ2n) is 7.08. The number of hydrogen-bond donors (Lipinski definition) is 1. The van der Waals surface area contributed by atoms with Crippen molar-refractivity contribution in [2.75, 3.05) is 19.6 Å². The van der Waals surface area contributed by atoms with Crippen molar-refractivity contribution in [2.45, 2.75) is 51.4 Å². The van der Waals surface area contributed by atoms with Crippen molar-refractivity contribution in [2.24, 2.45) is 29.4 Å². The van der Waals surface area contributed by atoms with Gasteiger partial charge in [0.1, 0.15) is 0 Å². The Morgan fingerprint density at radius 3 is 1.74 bits per heavy atom. The summed E-state index contributed by atoms with van der Waals surface area (Å²) in [6.07, 6.45) is 9.84. The molecule has 3 aliphatic carbocycles. The van der Waals surface area contributed by atoms with Gasteiger partial charge in [0.05, 0.1) is 0 Å². The van der Waals surface area contributed by atoms with Gasteiger partial charge in [-0.1, -0.05) is 0 Å². The maximum Gasteiger partial charge on any atom is 0.225 e. The SMILES string of the molecule is NCC1CCC(C(=O)N(CC2CC2)CC2CC2)CC1. The summed E-state index contributed by atoms with van der Waals surface area (Å²) in [5.74, 6) is 3.09. The van der Waals surface area contributed by atoms with E-state index in [1.54, 1.807) is 0 Å². The van der Waals surface area contributed by atoms with E-state index in [0.717, 1.165) is 57.2 Å². The molecule has 0 spiro atoms. The lowest BCUT2D eigenvalue weighted by atomic mass is 9.81. The minimum absolute atomic E-state index is 0.306. The van der Waals surface area contributed by atoms with Gasteiger partial charge >= 0.3 is 0 Å². The minimum Gasteiger partial charge on any atom is -0.342 e. The number of nitrogens with two attached hydrogens (primary N) is 1. The summed E-state index contributed by atoms with van der Waals surface area (Å²) < 4.78 is 0. The summed E-state index contributed by atoms with van der Waals surface area (Å²) in [6.45, 7) is 2.90. The molecule has 0 heterocycles. The highest BCUT2D eigenvalue weighted by molar-refractivity contribution is 5.79. The molecule has 0 aliphatic heterocycles. The van der Waals surface area contributed by atoms with Gasteiger partial charge < -0.3 is 10.6 Å². The van der Waals surface area contributed by atoms with E-state index >= 15 is 0 Å². The fourth-order valence-corrected chi connectivity index (χ4v) is 3.38. The van der Waals surface area contributed by atoms with E-state index in [1.165, 1.54) is 25.7 Å². The van der Waals surface area contributed by atoms with E-state index in [0.29, 0.717) is 17.7 Å². The summed E-state index contributed by atoms with van der Waals surface area (Å²) in [4.78, 5) is 14.9. The molecular formula is C16H28N2O. The summed E-state index contributed by atoms with van der Waals surface area (Å²) in [7, 11) is 0. The minimum atomic E-state index is 0.306. The van der Waals surface area contributed by atoms with Crippen molar-refractivity contribution >= 4 is 5.91 Å². The van der Waals surface area contributed by atoms with Gasteiger partial charge in [-0.05, 0) is 75.7 Å². The van der Waals surface area contributed by atoms with Crippen LogP contribution in [0.3, 0.4) is 0 Å². The van der Waals surface area contributed by atoms with E-state index in [9.17, 15) is 4.79 Å². The van der Waals surface area contributed by atoms with Crippen molar-refractivity contribution < 1.29 is 4.79 Å². The molecule has 0 radical (unpaired) electrons. The molecule has 108 valence electrons. The van der Waals surface area contributed by atoms with Crippen LogP contribution in [0.15, 0.2) is 0 Å². The Morgan fingerprint density at radius 2 is 1.32 bits per heavy atom. The zero-order chi connectivity index (χ0) is 13.2. The zero-order valence-electron chi connectivity index (χ0n) is 12.0. The normalized spacial score (nSPS) is 31.2. The molecule has 3 rings (SSSR count). The van der Waals surface area contributed by atoms with Crippen LogP contribution in [0.2, 0.25) is 0 Å². The average Bonchev–Trinajstić information content (AvgIpc) is 3.32. The lowest BCUT2D eigenvalue weighted by Crippen LogP contribution is -2.40. The Morgan fingerprint density at radius 1 is 0.842 bits per heavy atom. The third-order valence-corrected chi connectivity index (χ3v) is 5.19. The van der Waals surface area contributed by atoms with Crippen LogP contribution < -0.4 is 5.73 Å². The molecule has 0 aromatic rings. The van der Waals surface area contributed by atoms with Crippen LogP contribution in [0.4, 0.5) is 0 Å². The van der Waals surface area contributed by atoms with Crippen molar-refractivity contribution in [1.82, 2.24) is 4.90 Å². The molecule has 0 unspecified atom stereocenters. The molecule has 2 N–H and O–H groups in total. The largest absolute Gasteiger partial charge is 0.342 e. The Kier molecular flexibility index (Phi) is 4.11. The molecular weight excluding hydrogens is 236 g/mol. The Hall–Kier alpha value is -0.570. The summed E-state index contributed by atoms with van der Waals surface area (Å²) in [6, 6.07) is 0. The van der Waals surface area contributed by atoms with E-state index in [1.807, 2.05) is 0 Å². The third-order valence-electron chi connectivity index (χ3n) is 5.19. The van der Waals surface area contributed by atoms with E-state index in [4.69, 9.17) is 5.73 Å². The maximum atomic E-state index is 12.7. The molecule has 19 heavy (non-hydrogen) atoms.